The van der Waals surface area contributed by atoms with Gasteiger partial charge in [0.15, 0.2) is 14.4 Å². The number of carbonyl (C=O) groups is 2. The van der Waals surface area contributed by atoms with E-state index in [2.05, 4.69) is 33.9 Å². The predicted octanol–water partition coefficient (Wildman–Crippen LogP) is 4.28. The van der Waals surface area contributed by atoms with E-state index in [1.54, 1.807) is 0 Å². The van der Waals surface area contributed by atoms with Gasteiger partial charge in [-0.15, -0.1) is 0 Å². The highest BCUT2D eigenvalue weighted by Gasteiger charge is 2.61. The molecule has 0 radical (unpaired) electrons. The number of thioether (sulfide) groups is 1. The number of β-lactam (4-membered cyclic amide) rings is 1. The Kier molecular flexibility index (Phi) is 6.86. The minimum Gasteiger partial charge on any atom is -0.459 e. The SMILES string of the molecule is CC(O[Si](C)(C)C(C)(C)C)C1C(=O)N2C(C(=O)OCc3ccc([N+](=O)[O-])cc3)C(=S)S[C@@H]12. The normalized spacial score (nSPS) is 24.1. The molecular weight excluding hydrogens is 468 g/mol. The number of hydrogen-bond acceptors (Lipinski definition) is 8. The van der Waals surface area contributed by atoms with E-state index in [9.17, 15) is 19.7 Å². The Morgan fingerprint density at radius 1 is 1.31 bits per heavy atom. The number of amides is 1. The monoisotopic (exact) mass is 496 g/mol. The quantitative estimate of drug-likeness (QED) is 0.138. The van der Waals surface area contributed by atoms with Gasteiger partial charge < -0.3 is 14.1 Å². The van der Waals surface area contributed by atoms with Crippen LogP contribution >= 0.6 is 24.0 Å². The third kappa shape index (κ3) is 4.61. The number of nitro groups is 1. The summed E-state index contributed by atoms with van der Waals surface area (Å²) in [6.45, 7) is 12.6. The van der Waals surface area contributed by atoms with Crippen LogP contribution in [0.25, 0.3) is 0 Å². The number of benzene rings is 1. The van der Waals surface area contributed by atoms with Gasteiger partial charge in [0.1, 0.15) is 6.61 Å². The smallest absolute Gasteiger partial charge is 0.335 e. The molecule has 2 saturated heterocycles. The second-order valence-corrected chi connectivity index (χ2v) is 16.2. The van der Waals surface area contributed by atoms with Gasteiger partial charge in [-0.25, -0.2) is 4.79 Å². The number of hydrogen-bond donors (Lipinski definition) is 0. The Labute approximate surface area is 198 Å². The molecule has 3 rings (SSSR count). The molecule has 2 aliphatic heterocycles. The molecular formula is C21H28N2O6S2Si. The zero-order chi connectivity index (χ0) is 24.0. The first-order valence-corrected chi connectivity index (χ1v) is 14.5. The largest absolute Gasteiger partial charge is 0.459 e. The van der Waals surface area contributed by atoms with Crippen molar-refractivity contribution in [3.8, 4) is 0 Å². The predicted molar refractivity (Wildman–Crippen MR) is 129 cm³/mol. The number of carbonyl (C=O) groups excluding carboxylic acids is 2. The van der Waals surface area contributed by atoms with Gasteiger partial charge >= 0.3 is 5.97 Å². The van der Waals surface area contributed by atoms with Crippen molar-refractivity contribution in [2.75, 3.05) is 0 Å². The maximum absolute atomic E-state index is 13.0. The second kappa shape index (κ2) is 8.84. The zero-order valence-electron chi connectivity index (χ0n) is 19.0. The van der Waals surface area contributed by atoms with E-state index >= 15 is 0 Å². The first kappa shape index (κ1) is 24.8. The minimum absolute atomic E-state index is 0.0239. The van der Waals surface area contributed by atoms with E-state index in [1.807, 2.05) is 6.92 Å². The number of esters is 1. The summed E-state index contributed by atoms with van der Waals surface area (Å²) < 4.78 is 12.2. The third-order valence-corrected chi connectivity index (χ3v) is 12.7. The lowest BCUT2D eigenvalue weighted by Gasteiger charge is -2.48. The molecule has 3 unspecified atom stereocenters. The molecule has 2 fully saturated rings. The third-order valence-electron chi connectivity index (χ3n) is 6.40. The molecule has 0 aromatic heterocycles. The summed E-state index contributed by atoms with van der Waals surface area (Å²) in [6, 6.07) is 4.86. The van der Waals surface area contributed by atoms with Gasteiger partial charge in [0, 0.05) is 12.1 Å². The van der Waals surface area contributed by atoms with Crippen LogP contribution in [0.3, 0.4) is 0 Å². The fourth-order valence-corrected chi connectivity index (χ4v) is 6.85. The number of nitro benzene ring substituents is 1. The van der Waals surface area contributed by atoms with E-state index in [0.29, 0.717) is 9.76 Å². The van der Waals surface area contributed by atoms with E-state index in [0.717, 1.165) is 0 Å². The molecule has 8 nitrogen and oxygen atoms in total. The fraction of sp³-hybridized carbons (Fsp3) is 0.571. The van der Waals surface area contributed by atoms with Gasteiger partial charge in [0.05, 0.1) is 26.5 Å². The Morgan fingerprint density at radius 3 is 2.44 bits per heavy atom. The van der Waals surface area contributed by atoms with Crippen LogP contribution in [-0.4, -0.2) is 51.7 Å². The van der Waals surface area contributed by atoms with Crippen LogP contribution in [0.5, 0.6) is 0 Å². The van der Waals surface area contributed by atoms with Crippen molar-refractivity contribution in [2.45, 2.75) is 70.0 Å². The standard InChI is InChI=1S/C21H28N2O6S2Si/c1-12(29-32(5,6)21(2,3)4)15-17(24)22-16(20(30)31-18(15)22)19(25)28-11-13-7-9-14(10-8-13)23(26)27/h7-10,12,15-16,18H,11H2,1-6H3/t12?,15?,16?,18-/m0/s1. The molecule has 32 heavy (non-hydrogen) atoms. The van der Waals surface area contributed by atoms with Crippen molar-refractivity contribution in [1.82, 2.24) is 4.90 Å². The Bertz CT molecular complexity index is 947. The number of nitrogens with zero attached hydrogens (tertiary/aromatic N) is 2. The first-order chi connectivity index (χ1) is 14.7. The molecule has 174 valence electrons. The molecule has 0 spiro atoms. The van der Waals surface area contributed by atoms with E-state index in [-0.39, 0.29) is 40.6 Å². The lowest BCUT2D eigenvalue weighted by molar-refractivity contribution is -0.384. The average molecular weight is 497 g/mol. The molecule has 1 amide bonds. The summed E-state index contributed by atoms with van der Waals surface area (Å²) in [5, 5.41) is 10.5. The van der Waals surface area contributed by atoms with Crippen LogP contribution in [0.15, 0.2) is 24.3 Å². The van der Waals surface area contributed by atoms with Crippen molar-refractivity contribution in [2.24, 2.45) is 5.92 Å². The van der Waals surface area contributed by atoms with Crippen LogP contribution < -0.4 is 0 Å². The molecule has 2 heterocycles. The van der Waals surface area contributed by atoms with Crippen LogP contribution in [0.2, 0.25) is 18.1 Å². The lowest BCUT2D eigenvalue weighted by Crippen LogP contribution is -2.65. The second-order valence-electron chi connectivity index (χ2n) is 9.62. The highest BCUT2D eigenvalue weighted by Crippen LogP contribution is 2.48. The van der Waals surface area contributed by atoms with Gasteiger partial charge in [-0.05, 0) is 42.8 Å². The average Bonchev–Trinajstić information content (AvgIpc) is 2.97. The lowest BCUT2D eigenvalue weighted by atomic mass is 9.91. The van der Waals surface area contributed by atoms with Crippen molar-refractivity contribution in [3.05, 3.63) is 39.9 Å². The maximum Gasteiger partial charge on any atom is 0.335 e. The summed E-state index contributed by atoms with van der Waals surface area (Å²) in [5.74, 6) is -1.08. The zero-order valence-corrected chi connectivity index (χ0v) is 21.6. The molecule has 0 bridgehead atoms. The van der Waals surface area contributed by atoms with Gasteiger partial charge in [-0.3, -0.25) is 14.9 Å². The summed E-state index contributed by atoms with van der Waals surface area (Å²) in [6.07, 6.45) is -0.269. The summed E-state index contributed by atoms with van der Waals surface area (Å²) in [5.41, 5.74) is 0.573. The van der Waals surface area contributed by atoms with Crippen LogP contribution in [0.4, 0.5) is 5.69 Å². The van der Waals surface area contributed by atoms with E-state index < -0.39 is 25.3 Å². The topological polar surface area (TPSA) is 99.0 Å². The van der Waals surface area contributed by atoms with Crippen molar-refractivity contribution in [1.29, 1.82) is 0 Å². The molecule has 2 aliphatic rings. The Hall–Kier alpha value is -1.82. The molecule has 0 N–H and O–H groups in total. The van der Waals surface area contributed by atoms with Crippen molar-refractivity contribution in [3.63, 3.8) is 0 Å². The Balaban J connectivity index is 1.62. The van der Waals surface area contributed by atoms with E-state index in [1.165, 1.54) is 40.9 Å². The highest BCUT2D eigenvalue weighted by atomic mass is 32.2. The molecule has 0 saturated carbocycles. The molecule has 0 aliphatic carbocycles. The number of fused-ring (bicyclic) bond motifs is 1. The summed E-state index contributed by atoms with van der Waals surface area (Å²) >= 11 is 6.76. The number of non-ortho nitro benzene ring substituents is 1. The molecule has 4 atom stereocenters. The number of ether oxygens (including phenoxy) is 1. The number of thiocarbonyl (C=S) groups is 1. The summed E-state index contributed by atoms with van der Waals surface area (Å²) in [4.78, 5) is 37.5. The minimum atomic E-state index is -2.05. The molecule has 1 aromatic carbocycles. The van der Waals surface area contributed by atoms with Gasteiger partial charge in [-0.1, -0.05) is 44.8 Å². The van der Waals surface area contributed by atoms with Crippen LogP contribution in [0.1, 0.15) is 33.3 Å². The Morgan fingerprint density at radius 2 is 1.91 bits per heavy atom. The van der Waals surface area contributed by atoms with Gasteiger partial charge in [-0.2, -0.15) is 0 Å². The van der Waals surface area contributed by atoms with E-state index in [4.69, 9.17) is 21.4 Å². The maximum atomic E-state index is 13.0. The van der Waals surface area contributed by atoms with Crippen LogP contribution in [0, 0.1) is 16.0 Å². The van der Waals surface area contributed by atoms with Gasteiger partial charge in [0.2, 0.25) is 5.91 Å². The summed E-state index contributed by atoms with van der Waals surface area (Å²) in [7, 11) is -2.05. The van der Waals surface area contributed by atoms with Crippen LogP contribution in [-0.2, 0) is 25.4 Å². The molecule has 1 aromatic rings. The number of rotatable bonds is 7. The van der Waals surface area contributed by atoms with Crippen molar-refractivity contribution < 1.29 is 23.7 Å². The first-order valence-electron chi connectivity index (χ1n) is 10.3. The van der Waals surface area contributed by atoms with Gasteiger partial charge in [0.25, 0.3) is 5.69 Å². The fourth-order valence-electron chi connectivity index (χ4n) is 3.52. The molecule has 11 heteroatoms. The highest BCUT2D eigenvalue weighted by molar-refractivity contribution is 8.24. The van der Waals surface area contributed by atoms with Crippen molar-refractivity contribution >= 4 is 54.1 Å².